The highest BCUT2D eigenvalue weighted by molar-refractivity contribution is 7.22. The number of carbonyl (C=O) groups is 1. The Balaban J connectivity index is 1.74. The number of fused-ring (bicyclic) bond motifs is 2. The molecule has 0 N–H and O–H groups in total. The maximum absolute atomic E-state index is 12.9. The number of nitrogens with zero attached hydrogens (tertiary/aromatic N) is 2. The van der Waals surface area contributed by atoms with Crippen molar-refractivity contribution in [2.24, 2.45) is 0 Å². The minimum atomic E-state index is -0.205. The average Bonchev–Trinajstić information content (AvgIpc) is 3.18. The normalized spacial score (nSPS) is 11.2. The predicted octanol–water partition coefficient (Wildman–Crippen LogP) is 5.36. The Hall–Kier alpha value is -2.37. The molecule has 0 fully saturated rings. The number of thiazole rings is 1. The monoisotopic (exact) mass is 356 g/mol. The van der Waals surface area contributed by atoms with Gasteiger partial charge in [-0.25, -0.2) is 4.98 Å². The number of anilines is 1. The fraction of sp³-hybridized carbons (Fsp3) is 0.111. The Kier molecular flexibility index (Phi) is 3.75. The number of benzene rings is 2. The zero-order valence-electron chi connectivity index (χ0n) is 12.8. The predicted molar refractivity (Wildman–Crippen MR) is 98.2 cm³/mol. The average molecular weight is 357 g/mol. The van der Waals surface area contributed by atoms with Crippen LogP contribution in [0.1, 0.15) is 17.5 Å². The first-order chi connectivity index (χ1) is 11.7. The molecule has 4 nitrogen and oxygen atoms in total. The maximum atomic E-state index is 12.9. The van der Waals surface area contributed by atoms with Crippen LogP contribution in [0, 0.1) is 0 Å². The third-order valence-corrected chi connectivity index (χ3v) is 5.06. The van der Waals surface area contributed by atoms with Gasteiger partial charge >= 0.3 is 0 Å². The van der Waals surface area contributed by atoms with Crippen LogP contribution < -0.4 is 4.90 Å². The Morgan fingerprint density at radius 1 is 1.25 bits per heavy atom. The van der Waals surface area contributed by atoms with Gasteiger partial charge in [-0.05, 0) is 43.3 Å². The van der Waals surface area contributed by atoms with Crippen LogP contribution in [-0.2, 0) is 0 Å². The minimum Gasteiger partial charge on any atom is -0.451 e. The van der Waals surface area contributed by atoms with E-state index in [1.807, 2.05) is 31.2 Å². The number of furan rings is 1. The third-order valence-electron chi connectivity index (χ3n) is 3.76. The lowest BCUT2D eigenvalue weighted by Gasteiger charge is -2.15. The second kappa shape index (κ2) is 5.92. The number of aromatic nitrogens is 1. The summed E-state index contributed by atoms with van der Waals surface area (Å²) in [5.41, 5.74) is 1.53. The Bertz CT molecular complexity index is 1020. The number of halogens is 1. The van der Waals surface area contributed by atoms with Crippen molar-refractivity contribution in [3.63, 3.8) is 0 Å². The van der Waals surface area contributed by atoms with Gasteiger partial charge < -0.3 is 4.42 Å². The molecule has 24 heavy (non-hydrogen) atoms. The van der Waals surface area contributed by atoms with Crippen molar-refractivity contribution in [3.05, 3.63) is 59.3 Å². The highest BCUT2D eigenvalue weighted by Gasteiger charge is 2.23. The molecule has 6 heteroatoms. The quantitative estimate of drug-likeness (QED) is 0.496. The number of carbonyl (C=O) groups excluding carboxylic acids is 1. The number of hydrogen-bond donors (Lipinski definition) is 0. The zero-order chi connectivity index (χ0) is 16.7. The van der Waals surface area contributed by atoms with Crippen molar-refractivity contribution in [2.75, 3.05) is 11.4 Å². The van der Waals surface area contributed by atoms with Crippen molar-refractivity contribution in [1.82, 2.24) is 4.98 Å². The Morgan fingerprint density at radius 3 is 2.88 bits per heavy atom. The number of hydrogen-bond acceptors (Lipinski definition) is 4. The van der Waals surface area contributed by atoms with Gasteiger partial charge in [-0.2, -0.15) is 0 Å². The molecule has 0 saturated heterocycles. The fourth-order valence-corrected chi connectivity index (χ4v) is 3.80. The Labute approximate surface area is 147 Å². The molecule has 0 spiro atoms. The number of amides is 1. The lowest BCUT2D eigenvalue weighted by Crippen LogP contribution is -2.30. The molecule has 0 aliphatic heterocycles. The summed E-state index contributed by atoms with van der Waals surface area (Å²) in [4.78, 5) is 19.1. The first-order valence-corrected chi connectivity index (χ1v) is 8.71. The lowest BCUT2D eigenvalue weighted by atomic mass is 10.2. The van der Waals surface area contributed by atoms with Gasteiger partial charge in [0.25, 0.3) is 5.91 Å². The van der Waals surface area contributed by atoms with Crippen LogP contribution in [0.15, 0.2) is 52.9 Å². The molecule has 2 aromatic carbocycles. The van der Waals surface area contributed by atoms with Crippen molar-refractivity contribution < 1.29 is 9.21 Å². The van der Waals surface area contributed by atoms with E-state index in [-0.39, 0.29) is 11.7 Å². The molecule has 0 aliphatic carbocycles. The molecule has 0 unspecified atom stereocenters. The summed E-state index contributed by atoms with van der Waals surface area (Å²) in [6, 6.07) is 14.9. The molecule has 0 bridgehead atoms. The van der Waals surface area contributed by atoms with E-state index in [0.29, 0.717) is 22.3 Å². The highest BCUT2D eigenvalue weighted by atomic mass is 35.5. The second-order valence-corrected chi connectivity index (χ2v) is 6.75. The van der Waals surface area contributed by atoms with Crippen LogP contribution in [0.5, 0.6) is 0 Å². The smallest absolute Gasteiger partial charge is 0.295 e. The van der Waals surface area contributed by atoms with Gasteiger partial charge in [0.15, 0.2) is 10.9 Å². The summed E-state index contributed by atoms with van der Waals surface area (Å²) in [5, 5.41) is 2.09. The molecule has 2 aromatic heterocycles. The summed E-state index contributed by atoms with van der Waals surface area (Å²) in [7, 11) is 0. The van der Waals surface area contributed by atoms with Crippen molar-refractivity contribution >= 4 is 55.2 Å². The molecule has 0 atom stereocenters. The van der Waals surface area contributed by atoms with Crippen LogP contribution in [0.25, 0.3) is 21.2 Å². The number of para-hydroxylation sites is 1. The lowest BCUT2D eigenvalue weighted by molar-refractivity contribution is 0.0964. The van der Waals surface area contributed by atoms with E-state index in [1.165, 1.54) is 11.3 Å². The zero-order valence-corrected chi connectivity index (χ0v) is 14.4. The second-order valence-electron chi connectivity index (χ2n) is 5.31. The topological polar surface area (TPSA) is 46.3 Å². The summed E-state index contributed by atoms with van der Waals surface area (Å²) in [6.45, 7) is 2.43. The van der Waals surface area contributed by atoms with E-state index in [4.69, 9.17) is 16.0 Å². The van der Waals surface area contributed by atoms with Gasteiger partial charge in [0.2, 0.25) is 0 Å². The summed E-state index contributed by atoms with van der Waals surface area (Å²) >= 11 is 7.49. The minimum absolute atomic E-state index is 0.205. The van der Waals surface area contributed by atoms with E-state index < -0.39 is 0 Å². The van der Waals surface area contributed by atoms with Gasteiger partial charge in [0.05, 0.1) is 10.2 Å². The largest absolute Gasteiger partial charge is 0.451 e. The summed E-state index contributed by atoms with van der Waals surface area (Å²) in [5.74, 6) is 0.0808. The fourth-order valence-electron chi connectivity index (χ4n) is 2.59. The molecule has 1 amide bonds. The standard InChI is InChI=1S/C18H13ClN2O2S/c1-2-21(18-20-13-5-3-4-6-16(13)24-18)17(22)15-10-11-9-12(19)7-8-14(11)23-15/h3-10H,2H2,1H3. The third kappa shape index (κ3) is 2.56. The van der Waals surface area contributed by atoms with Crippen LogP contribution in [0.4, 0.5) is 5.13 Å². The van der Waals surface area contributed by atoms with E-state index in [1.54, 1.807) is 29.2 Å². The van der Waals surface area contributed by atoms with Crippen LogP contribution in [0.2, 0.25) is 5.02 Å². The van der Waals surface area contributed by atoms with E-state index in [0.717, 1.165) is 15.6 Å². The number of rotatable bonds is 3. The Morgan fingerprint density at radius 2 is 2.08 bits per heavy atom. The van der Waals surface area contributed by atoms with Gasteiger partial charge in [-0.1, -0.05) is 35.1 Å². The molecule has 2 heterocycles. The molecule has 120 valence electrons. The maximum Gasteiger partial charge on any atom is 0.295 e. The molecule has 0 radical (unpaired) electrons. The summed E-state index contributed by atoms with van der Waals surface area (Å²) in [6.07, 6.45) is 0. The van der Waals surface area contributed by atoms with Crippen LogP contribution >= 0.6 is 22.9 Å². The van der Waals surface area contributed by atoms with Crippen LogP contribution in [0.3, 0.4) is 0 Å². The van der Waals surface area contributed by atoms with Gasteiger partial charge in [-0.3, -0.25) is 9.69 Å². The molecule has 0 saturated carbocycles. The van der Waals surface area contributed by atoms with Gasteiger partial charge in [-0.15, -0.1) is 0 Å². The first kappa shape index (κ1) is 15.2. The SMILES string of the molecule is CCN(C(=O)c1cc2cc(Cl)ccc2o1)c1nc2ccccc2s1. The molecular weight excluding hydrogens is 344 g/mol. The van der Waals surface area contributed by atoms with E-state index >= 15 is 0 Å². The van der Waals surface area contributed by atoms with Gasteiger partial charge in [0, 0.05) is 17.0 Å². The highest BCUT2D eigenvalue weighted by Crippen LogP contribution is 2.30. The molecule has 0 aliphatic rings. The molecule has 4 aromatic rings. The van der Waals surface area contributed by atoms with E-state index in [9.17, 15) is 4.79 Å². The first-order valence-electron chi connectivity index (χ1n) is 7.52. The van der Waals surface area contributed by atoms with E-state index in [2.05, 4.69) is 4.98 Å². The van der Waals surface area contributed by atoms with Gasteiger partial charge in [0.1, 0.15) is 5.58 Å². The van der Waals surface area contributed by atoms with Crippen LogP contribution in [-0.4, -0.2) is 17.4 Å². The molecule has 4 rings (SSSR count). The van der Waals surface area contributed by atoms with Crippen molar-refractivity contribution in [1.29, 1.82) is 0 Å². The van der Waals surface area contributed by atoms with Crippen molar-refractivity contribution in [2.45, 2.75) is 6.92 Å². The molecular formula is C18H13ClN2O2S. The van der Waals surface area contributed by atoms with Crippen molar-refractivity contribution in [3.8, 4) is 0 Å². The summed E-state index contributed by atoms with van der Waals surface area (Å²) < 4.78 is 6.74.